The molecule has 114 valence electrons. The second-order valence-electron chi connectivity index (χ2n) is 5.52. The van der Waals surface area contributed by atoms with Crippen LogP contribution in [0.2, 0.25) is 0 Å². The van der Waals surface area contributed by atoms with Crippen molar-refractivity contribution in [2.24, 2.45) is 7.05 Å². The molecule has 0 atom stereocenters. The first-order valence-corrected chi connectivity index (χ1v) is 7.02. The van der Waals surface area contributed by atoms with Crippen molar-refractivity contribution in [3.05, 3.63) is 44.6 Å². The molecule has 2 aromatic rings. The Morgan fingerprint density at radius 2 is 1.86 bits per heavy atom. The summed E-state index contributed by atoms with van der Waals surface area (Å²) in [4.78, 5) is 25.2. The highest BCUT2D eigenvalue weighted by Gasteiger charge is 2.21. The molecule has 1 aliphatic heterocycles. The Morgan fingerprint density at radius 3 is 2.52 bits per heavy atom. The van der Waals surface area contributed by atoms with E-state index in [0.29, 0.717) is 10.9 Å². The minimum Gasteiger partial charge on any atom is -0.317 e. The maximum absolute atomic E-state index is 12.7. The van der Waals surface area contributed by atoms with Crippen molar-refractivity contribution in [3.8, 4) is 0 Å². The van der Waals surface area contributed by atoms with E-state index in [2.05, 4.69) is 5.32 Å². The van der Waals surface area contributed by atoms with Crippen LogP contribution in [0.15, 0.2) is 27.8 Å². The molecule has 0 radical (unpaired) electrons. The Balaban J connectivity index is 0.00000161. The van der Waals surface area contributed by atoms with Crippen molar-refractivity contribution in [2.45, 2.75) is 25.8 Å². The van der Waals surface area contributed by atoms with Crippen LogP contribution in [0.1, 0.15) is 24.4 Å². The summed E-state index contributed by atoms with van der Waals surface area (Å²) < 4.78 is 3.03. The van der Waals surface area contributed by atoms with Crippen LogP contribution in [-0.4, -0.2) is 22.2 Å². The van der Waals surface area contributed by atoms with Gasteiger partial charge < -0.3 is 5.32 Å². The van der Waals surface area contributed by atoms with E-state index in [4.69, 9.17) is 0 Å². The van der Waals surface area contributed by atoms with Crippen LogP contribution in [-0.2, 0) is 7.05 Å². The lowest BCUT2D eigenvalue weighted by atomic mass is 10.1. The fraction of sp³-hybridized carbons (Fsp3) is 0.467. The van der Waals surface area contributed by atoms with Crippen LogP contribution in [0.25, 0.3) is 10.9 Å². The summed E-state index contributed by atoms with van der Waals surface area (Å²) in [5.74, 6) is 0. The molecule has 1 fully saturated rings. The van der Waals surface area contributed by atoms with Crippen molar-refractivity contribution in [3.63, 3.8) is 0 Å². The molecule has 1 aromatic carbocycles. The first kappa shape index (κ1) is 16.0. The molecule has 5 nitrogen and oxygen atoms in total. The van der Waals surface area contributed by atoms with E-state index < -0.39 is 0 Å². The number of aromatic nitrogens is 2. The lowest BCUT2D eigenvalue weighted by Crippen LogP contribution is -2.44. The number of nitrogens with zero attached hydrogens (tertiary/aromatic N) is 2. The third-order valence-corrected chi connectivity index (χ3v) is 4.13. The normalized spacial score (nSPS) is 15.9. The average molecular weight is 354 g/mol. The maximum atomic E-state index is 12.7. The Bertz CT molecular complexity index is 773. The van der Waals surface area contributed by atoms with Crippen LogP contribution in [0.5, 0.6) is 0 Å². The van der Waals surface area contributed by atoms with E-state index in [1.807, 2.05) is 25.1 Å². The van der Waals surface area contributed by atoms with Gasteiger partial charge in [0, 0.05) is 13.1 Å². The molecule has 6 heteroatoms. The first-order chi connectivity index (χ1) is 9.59. The summed E-state index contributed by atoms with van der Waals surface area (Å²) >= 11 is 0. The third kappa shape index (κ3) is 2.70. The summed E-state index contributed by atoms with van der Waals surface area (Å²) in [5, 5.41) is 3.89. The SMILES string of the molecule is Br.Cc1ccc2c(c1)c(=O)n(C1CCNCC1)c(=O)n2C. The van der Waals surface area contributed by atoms with E-state index >= 15 is 0 Å². The molecular weight excluding hydrogens is 334 g/mol. The molecule has 2 heterocycles. The highest BCUT2D eigenvalue weighted by atomic mass is 79.9. The van der Waals surface area contributed by atoms with Gasteiger partial charge in [-0.05, 0) is 45.0 Å². The number of halogens is 1. The fourth-order valence-corrected chi connectivity index (χ4v) is 2.98. The number of nitrogens with one attached hydrogen (secondary N) is 1. The Labute approximate surface area is 133 Å². The van der Waals surface area contributed by atoms with Crippen molar-refractivity contribution in [1.29, 1.82) is 0 Å². The predicted molar refractivity (Wildman–Crippen MR) is 89.6 cm³/mol. The largest absolute Gasteiger partial charge is 0.331 e. The number of piperidine rings is 1. The lowest BCUT2D eigenvalue weighted by Gasteiger charge is -2.25. The molecule has 0 amide bonds. The number of benzene rings is 1. The highest BCUT2D eigenvalue weighted by Crippen LogP contribution is 2.16. The van der Waals surface area contributed by atoms with Gasteiger partial charge in [0.25, 0.3) is 5.56 Å². The summed E-state index contributed by atoms with van der Waals surface area (Å²) in [6, 6.07) is 5.65. The molecule has 1 aliphatic rings. The zero-order chi connectivity index (χ0) is 14.3. The minimum atomic E-state index is -0.210. The van der Waals surface area contributed by atoms with Crippen molar-refractivity contribution in [2.75, 3.05) is 13.1 Å². The molecule has 1 saturated heterocycles. The van der Waals surface area contributed by atoms with E-state index in [1.54, 1.807) is 11.6 Å². The van der Waals surface area contributed by atoms with Gasteiger partial charge in [-0.3, -0.25) is 13.9 Å². The zero-order valence-corrected chi connectivity index (χ0v) is 14.0. The van der Waals surface area contributed by atoms with Gasteiger partial charge in [-0.2, -0.15) is 0 Å². The van der Waals surface area contributed by atoms with E-state index in [0.717, 1.165) is 31.5 Å². The Kier molecular flexibility index (Phi) is 4.68. The third-order valence-electron chi connectivity index (χ3n) is 4.13. The molecule has 0 spiro atoms. The van der Waals surface area contributed by atoms with E-state index in [-0.39, 0.29) is 34.3 Å². The van der Waals surface area contributed by atoms with Crippen LogP contribution < -0.4 is 16.6 Å². The molecule has 21 heavy (non-hydrogen) atoms. The number of hydrogen-bond acceptors (Lipinski definition) is 3. The van der Waals surface area contributed by atoms with Crippen molar-refractivity contribution in [1.82, 2.24) is 14.5 Å². The summed E-state index contributed by atoms with van der Waals surface area (Å²) in [5.41, 5.74) is 1.37. The summed E-state index contributed by atoms with van der Waals surface area (Å²) in [6.07, 6.45) is 1.65. The molecular formula is C15H20BrN3O2. The lowest BCUT2D eigenvalue weighted by molar-refractivity contribution is 0.347. The van der Waals surface area contributed by atoms with E-state index in [1.165, 1.54) is 4.57 Å². The molecule has 3 rings (SSSR count). The summed E-state index contributed by atoms with van der Waals surface area (Å²) in [7, 11) is 1.73. The molecule has 0 aliphatic carbocycles. The van der Waals surface area contributed by atoms with Crippen LogP contribution >= 0.6 is 17.0 Å². The molecule has 1 aromatic heterocycles. The topological polar surface area (TPSA) is 56.0 Å². The second kappa shape index (κ2) is 6.15. The molecule has 1 N–H and O–H groups in total. The van der Waals surface area contributed by atoms with Gasteiger partial charge in [0.15, 0.2) is 0 Å². The molecule has 0 saturated carbocycles. The average Bonchev–Trinajstić information content (AvgIpc) is 2.46. The first-order valence-electron chi connectivity index (χ1n) is 7.02. The number of hydrogen-bond donors (Lipinski definition) is 1. The van der Waals surface area contributed by atoms with Crippen LogP contribution in [0.3, 0.4) is 0 Å². The second-order valence-corrected chi connectivity index (χ2v) is 5.52. The smallest absolute Gasteiger partial charge is 0.317 e. The molecule has 0 unspecified atom stereocenters. The van der Waals surface area contributed by atoms with Gasteiger partial charge in [-0.25, -0.2) is 4.79 Å². The maximum Gasteiger partial charge on any atom is 0.331 e. The zero-order valence-electron chi connectivity index (χ0n) is 12.3. The summed E-state index contributed by atoms with van der Waals surface area (Å²) in [6.45, 7) is 3.66. The monoisotopic (exact) mass is 353 g/mol. The van der Waals surface area contributed by atoms with Gasteiger partial charge >= 0.3 is 5.69 Å². The predicted octanol–water partition coefficient (Wildman–Crippen LogP) is 1.51. The standard InChI is InChI=1S/C15H19N3O2.BrH/c1-10-3-4-13-12(9-10)14(19)18(15(20)17(13)2)11-5-7-16-8-6-11;/h3-4,9,11,16H,5-8H2,1-2H3;1H. The van der Waals surface area contributed by atoms with Crippen LogP contribution in [0.4, 0.5) is 0 Å². The highest BCUT2D eigenvalue weighted by molar-refractivity contribution is 8.93. The van der Waals surface area contributed by atoms with Crippen molar-refractivity contribution < 1.29 is 0 Å². The Hall–Kier alpha value is -1.40. The van der Waals surface area contributed by atoms with Gasteiger partial charge in [0.1, 0.15) is 0 Å². The molecule has 0 bridgehead atoms. The Morgan fingerprint density at radius 1 is 1.19 bits per heavy atom. The van der Waals surface area contributed by atoms with Gasteiger partial charge in [-0.1, -0.05) is 11.6 Å². The van der Waals surface area contributed by atoms with Crippen molar-refractivity contribution >= 4 is 27.9 Å². The number of aryl methyl sites for hydroxylation is 2. The fourth-order valence-electron chi connectivity index (χ4n) is 2.98. The number of rotatable bonds is 1. The van der Waals surface area contributed by atoms with Gasteiger partial charge in [-0.15, -0.1) is 17.0 Å². The quantitative estimate of drug-likeness (QED) is 0.845. The van der Waals surface area contributed by atoms with Gasteiger partial charge in [0.05, 0.1) is 10.9 Å². The van der Waals surface area contributed by atoms with Gasteiger partial charge in [0.2, 0.25) is 0 Å². The van der Waals surface area contributed by atoms with E-state index in [9.17, 15) is 9.59 Å². The van der Waals surface area contributed by atoms with Crippen LogP contribution in [0, 0.1) is 6.92 Å². The minimum absolute atomic E-state index is 0. The number of fused-ring (bicyclic) bond motifs is 1.